The molecule has 0 saturated carbocycles. The zero-order valence-corrected chi connectivity index (χ0v) is 18.9. The summed E-state index contributed by atoms with van der Waals surface area (Å²) in [4.78, 5) is 12.2. The molecule has 0 radical (unpaired) electrons. The largest absolute Gasteiger partial charge is 0.490 e. The van der Waals surface area contributed by atoms with Gasteiger partial charge in [-0.1, -0.05) is 0 Å². The average molecular weight is 481 g/mol. The summed E-state index contributed by atoms with van der Waals surface area (Å²) in [6.07, 6.45) is 1.35. The van der Waals surface area contributed by atoms with Gasteiger partial charge >= 0.3 is 0 Å². The zero-order valence-electron chi connectivity index (χ0n) is 17.2. The molecule has 0 aliphatic carbocycles. The number of carbonyl (C=O) groups excluding carboxylic acids is 1. The summed E-state index contributed by atoms with van der Waals surface area (Å²) in [5.74, 6) is 0.633. The molecule has 11 heteroatoms. The molecule has 1 atom stereocenters. The molecule has 0 spiro atoms. The molecule has 4 rings (SSSR count). The van der Waals surface area contributed by atoms with E-state index in [0.29, 0.717) is 42.5 Å². The SMILES string of the molecule is O=C(C[C@@H]1CCS(=O)(=O)C1)Nc1ccc(NS(=O)(=O)c2ccc3c(c2)OCCCO3)cc1. The summed E-state index contributed by atoms with van der Waals surface area (Å²) >= 11 is 0. The monoisotopic (exact) mass is 480 g/mol. The number of sulfonamides is 1. The van der Waals surface area contributed by atoms with Gasteiger partial charge in [0.1, 0.15) is 0 Å². The highest BCUT2D eigenvalue weighted by molar-refractivity contribution is 7.92. The van der Waals surface area contributed by atoms with Crippen LogP contribution in [0.3, 0.4) is 0 Å². The molecule has 0 bridgehead atoms. The van der Waals surface area contributed by atoms with E-state index in [9.17, 15) is 21.6 Å². The van der Waals surface area contributed by atoms with Gasteiger partial charge in [0.2, 0.25) is 5.91 Å². The lowest BCUT2D eigenvalue weighted by atomic mass is 10.1. The number of hydrogen-bond donors (Lipinski definition) is 2. The number of nitrogens with one attached hydrogen (secondary N) is 2. The highest BCUT2D eigenvalue weighted by Crippen LogP contribution is 2.32. The Hall–Kier alpha value is -2.79. The van der Waals surface area contributed by atoms with Crippen LogP contribution in [0.25, 0.3) is 0 Å². The van der Waals surface area contributed by atoms with Gasteiger partial charge in [-0.15, -0.1) is 0 Å². The molecule has 32 heavy (non-hydrogen) atoms. The van der Waals surface area contributed by atoms with Crippen LogP contribution in [0.2, 0.25) is 0 Å². The lowest BCUT2D eigenvalue weighted by Crippen LogP contribution is -2.17. The van der Waals surface area contributed by atoms with Gasteiger partial charge in [-0.2, -0.15) is 0 Å². The van der Waals surface area contributed by atoms with Crippen molar-refractivity contribution in [2.45, 2.75) is 24.2 Å². The van der Waals surface area contributed by atoms with E-state index in [1.807, 2.05) is 0 Å². The normalized spacial score (nSPS) is 19.7. The first-order chi connectivity index (χ1) is 15.2. The highest BCUT2D eigenvalue weighted by Gasteiger charge is 2.29. The zero-order chi connectivity index (χ0) is 22.8. The Bertz CT molecular complexity index is 1210. The number of hydrogen-bond acceptors (Lipinski definition) is 7. The minimum atomic E-state index is -3.85. The lowest BCUT2D eigenvalue weighted by Gasteiger charge is -2.12. The third-order valence-electron chi connectivity index (χ3n) is 5.25. The highest BCUT2D eigenvalue weighted by atomic mass is 32.2. The fourth-order valence-electron chi connectivity index (χ4n) is 3.65. The van der Waals surface area contributed by atoms with E-state index in [1.54, 1.807) is 18.2 Å². The van der Waals surface area contributed by atoms with Crippen molar-refractivity contribution in [3.05, 3.63) is 42.5 Å². The summed E-state index contributed by atoms with van der Waals surface area (Å²) in [5, 5.41) is 2.72. The number of ether oxygens (including phenoxy) is 2. The fourth-order valence-corrected chi connectivity index (χ4v) is 6.59. The number of benzene rings is 2. The number of amides is 1. The van der Waals surface area contributed by atoms with Gasteiger partial charge in [0, 0.05) is 30.3 Å². The maximum Gasteiger partial charge on any atom is 0.262 e. The summed E-state index contributed by atoms with van der Waals surface area (Å²) in [7, 11) is -6.88. The van der Waals surface area contributed by atoms with Gasteiger partial charge in [-0.25, -0.2) is 16.8 Å². The second kappa shape index (κ2) is 8.99. The molecule has 1 amide bonds. The summed E-state index contributed by atoms with van der Waals surface area (Å²) in [6, 6.07) is 10.7. The summed E-state index contributed by atoms with van der Waals surface area (Å²) in [6.45, 7) is 0.966. The van der Waals surface area contributed by atoms with Gasteiger partial charge in [0.15, 0.2) is 21.3 Å². The molecule has 0 aromatic heterocycles. The minimum absolute atomic E-state index is 0.0427. The van der Waals surface area contributed by atoms with E-state index in [1.165, 1.54) is 24.3 Å². The van der Waals surface area contributed by atoms with Gasteiger partial charge in [-0.05, 0) is 48.7 Å². The second-order valence-electron chi connectivity index (χ2n) is 7.86. The summed E-state index contributed by atoms with van der Waals surface area (Å²) < 4.78 is 62.1. The van der Waals surface area contributed by atoms with Crippen molar-refractivity contribution in [1.29, 1.82) is 0 Å². The van der Waals surface area contributed by atoms with E-state index in [-0.39, 0.29) is 34.6 Å². The first-order valence-corrected chi connectivity index (χ1v) is 13.5. The number of rotatable bonds is 6. The molecule has 0 unspecified atom stereocenters. The van der Waals surface area contributed by atoms with Crippen LogP contribution in [0.5, 0.6) is 11.5 Å². The van der Waals surface area contributed by atoms with Crippen molar-refractivity contribution in [1.82, 2.24) is 0 Å². The van der Waals surface area contributed by atoms with Crippen LogP contribution in [0.15, 0.2) is 47.4 Å². The summed E-state index contributed by atoms with van der Waals surface area (Å²) in [5.41, 5.74) is 0.825. The average Bonchev–Trinajstić information content (AvgIpc) is 2.93. The number of carbonyl (C=O) groups is 1. The van der Waals surface area contributed by atoms with Crippen LogP contribution in [0.1, 0.15) is 19.3 Å². The van der Waals surface area contributed by atoms with Crippen molar-refractivity contribution in [2.75, 3.05) is 34.8 Å². The third kappa shape index (κ3) is 5.52. The van der Waals surface area contributed by atoms with E-state index in [4.69, 9.17) is 9.47 Å². The molecule has 2 aromatic rings. The Morgan fingerprint density at radius 3 is 2.38 bits per heavy atom. The van der Waals surface area contributed by atoms with Gasteiger partial charge in [0.05, 0.1) is 29.6 Å². The maximum absolute atomic E-state index is 12.8. The Balaban J connectivity index is 1.38. The van der Waals surface area contributed by atoms with Gasteiger partial charge in [0.25, 0.3) is 10.0 Å². The van der Waals surface area contributed by atoms with E-state index in [2.05, 4.69) is 10.0 Å². The lowest BCUT2D eigenvalue weighted by molar-refractivity contribution is -0.116. The predicted molar refractivity (Wildman–Crippen MR) is 119 cm³/mol. The molecular formula is C21H24N2O7S2. The molecule has 2 heterocycles. The Kier molecular flexibility index (Phi) is 6.29. The van der Waals surface area contributed by atoms with Crippen molar-refractivity contribution in [3.63, 3.8) is 0 Å². The van der Waals surface area contributed by atoms with E-state index in [0.717, 1.165) is 6.42 Å². The second-order valence-corrected chi connectivity index (χ2v) is 11.8. The standard InChI is InChI=1S/C21H24N2O7S2/c24-21(12-15-8-11-31(25,26)14-15)22-16-2-4-17(5-3-16)23-32(27,28)18-6-7-19-20(13-18)30-10-1-9-29-19/h2-7,13,15,23H,1,8-12,14H2,(H,22,24)/t15-/m0/s1. The fraction of sp³-hybridized carbons (Fsp3) is 0.381. The molecule has 2 aliphatic rings. The van der Waals surface area contributed by atoms with Crippen molar-refractivity contribution < 1.29 is 31.1 Å². The molecule has 2 aliphatic heterocycles. The smallest absolute Gasteiger partial charge is 0.262 e. The predicted octanol–water partition coefficient (Wildman–Crippen LogP) is 2.41. The van der Waals surface area contributed by atoms with E-state index < -0.39 is 19.9 Å². The van der Waals surface area contributed by atoms with E-state index >= 15 is 0 Å². The van der Waals surface area contributed by atoms with Gasteiger partial charge in [-0.3, -0.25) is 9.52 Å². The Morgan fingerprint density at radius 1 is 1.00 bits per heavy atom. The minimum Gasteiger partial charge on any atom is -0.490 e. The van der Waals surface area contributed by atoms with Crippen molar-refractivity contribution >= 4 is 37.1 Å². The van der Waals surface area contributed by atoms with Crippen LogP contribution < -0.4 is 19.5 Å². The molecular weight excluding hydrogens is 456 g/mol. The van der Waals surface area contributed by atoms with Crippen molar-refractivity contribution in [2.24, 2.45) is 5.92 Å². The molecule has 2 N–H and O–H groups in total. The first-order valence-electron chi connectivity index (χ1n) is 10.2. The van der Waals surface area contributed by atoms with Crippen LogP contribution in [0.4, 0.5) is 11.4 Å². The van der Waals surface area contributed by atoms with Crippen LogP contribution in [-0.4, -0.2) is 47.5 Å². The quantitative estimate of drug-likeness (QED) is 0.650. The Morgan fingerprint density at radius 2 is 1.69 bits per heavy atom. The molecule has 9 nitrogen and oxygen atoms in total. The van der Waals surface area contributed by atoms with Crippen molar-refractivity contribution in [3.8, 4) is 11.5 Å². The first kappa shape index (κ1) is 22.4. The third-order valence-corrected chi connectivity index (χ3v) is 8.47. The molecule has 1 saturated heterocycles. The molecule has 1 fully saturated rings. The number of anilines is 2. The van der Waals surface area contributed by atoms with Crippen LogP contribution in [0, 0.1) is 5.92 Å². The van der Waals surface area contributed by atoms with Crippen LogP contribution in [-0.2, 0) is 24.7 Å². The Labute approximate surface area is 187 Å². The number of sulfone groups is 1. The number of fused-ring (bicyclic) bond motifs is 1. The molecule has 172 valence electrons. The molecule has 2 aromatic carbocycles. The van der Waals surface area contributed by atoms with Gasteiger partial charge < -0.3 is 14.8 Å². The topological polar surface area (TPSA) is 128 Å². The maximum atomic E-state index is 12.8. The van der Waals surface area contributed by atoms with Crippen LogP contribution >= 0.6 is 0 Å².